The fourth-order valence-electron chi connectivity index (χ4n) is 3.02. The zero-order valence-electron chi connectivity index (χ0n) is 14.6. The first-order chi connectivity index (χ1) is 12.3. The zero-order valence-corrected chi connectivity index (χ0v) is 16.2. The second kappa shape index (κ2) is 7.38. The molecule has 2 heterocycles. The lowest BCUT2D eigenvalue weighted by atomic mass is 10.1. The standard InChI is InChI=1S/C17H20ClN3O4S/c1-12-16(13(2)25-19-12)17(22)20-7-9-21(10-8-20)26(23,24)11-14-5-3-4-6-15(14)18/h3-6H,7-11H2,1-2H3. The van der Waals surface area contributed by atoms with Gasteiger partial charge >= 0.3 is 0 Å². The first kappa shape index (κ1) is 18.9. The van der Waals surface area contributed by atoms with Gasteiger partial charge in [-0.1, -0.05) is 35.0 Å². The Hall–Kier alpha value is -1.90. The van der Waals surface area contributed by atoms with Crippen molar-refractivity contribution >= 4 is 27.5 Å². The first-order valence-corrected chi connectivity index (χ1v) is 10.2. The van der Waals surface area contributed by atoms with Crippen LogP contribution in [0.4, 0.5) is 0 Å². The van der Waals surface area contributed by atoms with Crippen molar-refractivity contribution in [3.63, 3.8) is 0 Å². The fourth-order valence-corrected chi connectivity index (χ4v) is 4.85. The van der Waals surface area contributed by atoms with Gasteiger partial charge in [0.1, 0.15) is 11.3 Å². The van der Waals surface area contributed by atoms with Crippen molar-refractivity contribution in [3.05, 3.63) is 51.9 Å². The molecule has 0 aliphatic carbocycles. The Kier molecular flexibility index (Phi) is 5.36. The van der Waals surface area contributed by atoms with E-state index in [1.165, 1.54) is 4.31 Å². The summed E-state index contributed by atoms with van der Waals surface area (Å²) in [6.07, 6.45) is 0. The van der Waals surface area contributed by atoms with Gasteiger partial charge in [0, 0.05) is 31.2 Å². The van der Waals surface area contributed by atoms with Gasteiger partial charge in [0.15, 0.2) is 0 Å². The molecule has 7 nitrogen and oxygen atoms in total. The second-order valence-corrected chi connectivity index (χ2v) is 8.61. The molecule has 9 heteroatoms. The molecule has 2 aromatic rings. The van der Waals surface area contributed by atoms with Crippen LogP contribution in [0.15, 0.2) is 28.8 Å². The van der Waals surface area contributed by atoms with Gasteiger partial charge in [-0.05, 0) is 25.5 Å². The largest absolute Gasteiger partial charge is 0.361 e. The summed E-state index contributed by atoms with van der Waals surface area (Å²) >= 11 is 6.07. The van der Waals surface area contributed by atoms with Gasteiger partial charge in [0.05, 0.1) is 11.4 Å². The van der Waals surface area contributed by atoms with Crippen LogP contribution in [0, 0.1) is 13.8 Å². The summed E-state index contributed by atoms with van der Waals surface area (Å²) in [5.41, 5.74) is 1.57. The van der Waals surface area contributed by atoms with Crippen molar-refractivity contribution in [2.45, 2.75) is 19.6 Å². The lowest BCUT2D eigenvalue weighted by Gasteiger charge is -2.34. The Morgan fingerprint density at radius 1 is 1.19 bits per heavy atom. The minimum Gasteiger partial charge on any atom is -0.361 e. The van der Waals surface area contributed by atoms with Crippen LogP contribution < -0.4 is 0 Å². The van der Waals surface area contributed by atoms with Crippen LogP contribution in [-0.4, -0.2) is 54.9 Å². The average Bonchev–Trinajstić information content (AvgIpc) is 2.95. The molecule has 0 atom stereocenters. The lowest BCUT2D eigenvalue weighted by molar-refractivity contribution is 0.0695. The number of hydrogen-bond donors (Lipinski definition) is 0. The van der Waals surface area contributed by atoms with E-state index in [0.29, 0.717) is 40.7 Å². The number of sulfonamides is 1. The van der Waals surface area contributed by atoms with Crippen LogP contribution in [0.3, 0.4) is 0 Å². The highest BCUT2D eigenvalue weighted by Gasteiger charge is 2.31. The van der Waals surface area contributed by atoms with E-state index in [2.05, 4.69) is 5.16 Å². The molecule has 1 fully saturated rings. The Balaban J connectivity index is 1.66. The molecule has 1 aliphatic heterocycles. The number of piperazine rings is 1. The number of hydrogen-bond acceptors (Lipinski definition) is 5. The number of aromatic nitrogens is 1. The maximum Gasteiger partial charge on any atom is 0.259 e. The van der Waals surface area contributed by atoms with E-state index in [-0.39, 0.29) is 24.7 Å². The molecular formula is C17H20ClN3O4S. The summed E-state index contributed by atoms with van der Waals surface area (Å²) in [5, 5.41) is 4.23. The maximum absolute atomic E-state index is 12.7. The van der Waals surface area contributed by atoms with Gasteiger partial charge in [-0.25, -0.2) is 8.42 Å². The maximum atomic E-state index is 12.7. The van der Waals surface area contributed by atoms with E-state index in [1.807, 2.05) is 0 Å². The van der Waals surface area contributed by atoms with E-state index in [1.54, 1.807) is 43.0 Å². The minimum absolute atomic E-state index is 0.148. The minimum atomic E-state index is -3.50. The Labute approximate surface area is 157 Å². The quantitative estimate of drug-likeness (QED) is 0.789. The van der Waals surface area contributed by atoms with E-state index >= 15 is 0 Å². The van der Waals surface area contributed by atoms with Gasteiger partial charge in [-0.2, -0.15) is 4.31 Å². The summed E-state index contributed by atoms with van der Waals surface area (Å²) in [5.74, 6) is 0.149. The highest BCUT2D eigenvalue weighted by Crippen LogP contribution is 2.21. The molecule has 1 amide bonds. The van der Waals surface area contributed by atoms with Crippen molar-refractivity contribution < 1.29 is 17.7 Å². The van der Waals surface area contributed by atoms with Crippen LogP contribution in [0.2, 0.25) is 5.02 Å². The normalized spacial score (nSPS) is 16.0. The summed E-state index contributed by atoms with van der Waals surface area (Å²) in [4.78, 5) is 14.3. The van der Waals surface area contributed by atoms with E-state index in [4.69, 9.17) is 16.1 Å². The molecule has 0 N–H and O–H groups in total. The van der Waals surface area contributed by atoms with Crippen molar-refractivity contribution in [2.75, 3.05) is 26.2 Å². The molecule has 26 heavy (non-hydrogen) atoms. The number of halogens is 1. The smallest absolute Gasteiger partial charge is 0.259 e. The third-order valence-electron chi connectivity index (χ3n) is 4.46. The van der Waals surface area contributed by atoms with Crippen molar-refractivity contribution in [1.82, 2.24) is 14.4 Å². The lowest BCUT2D eigenvalue weighted by Crippen LogP contribution is -2.50. The number of benzene rings is 1. The monoisotopic (exact) mass is 397 g/mol. The summed E-state index contributed by atoms with van der Waals surface area (Å²) in [7, 11) is -3.50. The molecule has 0 bridgehead atoms. The number of nitrogens with zero attached hydrogens (tertiary/aromatic N) is 3. The van der Waals surface area contributed by atoms with Crippen LogP contribution in [0.25, 0.3) is 0 Å². The van der Waals surface area contributed by atoms with Crippen molar-refractivity contribution in [2.24, 2.45) is 0 Å². The highest BCUT2D eigenvalue weighted by atomic mass is 35.5. The number of aryl methyl sites for hydroxylation is 2. The number of rotatable bonds is 4. The molecule has 0 saturated carbocycles. The van der Waals surface area contributed by atoms with Crippen LogP contribution >= 0.6 is 11.6 Å². The third kappa shape index (κ3) is 3.77. The predicted octanol–water partition coefficient (Wildman–Crippen LogP) is 2.23. The predicted molar refractivity (Wildman–Crippen MR) is 97.5 cm³/mol. The van der Waals surface area contributed by atoms with Gasteiger partial charge in [0.25, 0.3) is 5.91 Å². The molecule has 1 aliphatic rings. The molecule has 0 radical (unpaired) electrons. The van der Waals surface area contributed by atoms with Gasteiger partial charge < -0.3 is 9.42 Å². The van der Waals surface area contributed by atoms with Crippen LogP contribution in [0.5, 0.6) is 0 Å². The third-order valence-corrected chi connectivity index (χ3v) is 6.66. The molecule has 140 valence electrons. The van der Waals surface area contributed by atoms with Crippen molar-refractivity contribution in [3.8, 4) is 0 Å². The van der Waals surface area contributed by atoms with Crippen molar-refractivity contribution in [1.29, 1.82) is 0 Å². The Morgan fingerprint density at radius 3 is 2.42 bits per heavy atom. The Morgan fingerprint density at radius 2 is 1.85 bits per heavy atom. The molecule has 1 saturated heterocycles. The van der Waals surface area contributed by atoms with E-state index in [0.717, 1.165) is 0 Å². The van der Waals surface area contributed by atoms with Crippen LogP contribution in [-0.2, 0) is 15.8 Å². The molecule has 3 rings (SSSR count). The first-order valence-electron chi connectivity index (χ1n) is 8.23. The van der Waals surface area contributed by atoms with Gasteiger partial charge in [-0.3, -0.25) is 4.79 Å². The number of carbonyl (C=O) groups excluding carboxylic acids is 1. The molecule has 1 aromatic carbocycles. The number of amides is 1. The zero-order chi connectivity index (χ0) is 18.9. The SMILES string of the molecule is Cc1noc(C)c1C(=O)N1CCN(S(=O)(=O)Cc2ccccc2Cl)CC1. The van der Waals surface area contributed by atoms with Crippen LogP contribution in [0.1, 0.15) is 27.4 Å². The summed E-state index contributed by atoms with van der Waals surface area (Å²) < 4.78 is 31.8. The van der Waals surface area contributed by atoms with Gasteiger partial charge in [-0.15, -0.1) is 0 Å². The second-order valence-electron chi connectivity index (χ2n) is 6.24. The average molecular weight is 398 g/mol. The molecule has 1 aromatic heterocycles. The van der Waals surface area contributed by atoms with E-state index < -0.39 is 10.0 Å². The van der Waals surface area contributed by atoms with E-state index in [9.17, 15) is 13.2 Å². The number of carbonyl (C=O) groups is 1. The fraction of sp³-hybridized carbons (Fsp3) is 0.412. The topological polar surface area (TPSA) is 83.7 Å². The summed E-state index contributed by atoms with van der Waals surface area (Å²) in [6.45, 7) is 4.56. The molecule has 0 unspecified atom stereocenters. The molecule has 0 spiro atoms. The highest BCUT2D eigenvalue weighted by molar-refractivity contribution is 7.88. The molecular weight excluding hydrogens is 378 g/mol. The van der Waals surface area contributed by atoms with Gasteiger partial charge in [0.2, 0.25) is 10.0 Å². The summed E-state index contributed by atoms with van der Waals surface area (Å²) in [6, 6.07) is 6.90. The Bertz CT molecular complexity index is 898.